The zero-order chi connectivity index (χ0) is 26.1. The molecule has 8 nitrogen and oxygen atoms in total. The third-order valence-electron chi connectivity index (χ3n) is 5.79. The van der Waals surface area contributed by atoms with Gasteiger partial charge in [0.2, 0.25) is 0 Å². The highest BCUT2D eigenvalue weighted by molar-refractivity contribution is 14.1. The number of hydrogen-bond acceptors (Lipinski definition) is 6. The number of aromatic hydroxyl groups is 1. The molecule has 1 amide bonds. The number of amidine groups is 1. The largest absolute Gasteiger partial charge is 0.506 e. The fraction of sp³-hybridized carbons (Fsp3) is 0.0769. The van der Waals surface area contributed by atoms with Gasteiger partial charge in [0.05, 0.1) is 23.6 Å². The van der Waals surface area contributed by atoms with Gasteiger partial charge in [-0.1, -0.05) is 18.2 Å². The summed E-state index contributed by atoms with van der Waals surface area (Å²) in [5, 5.41) is 22.7. The number of rotatable bonds is 6. The summed E-state index contributed by atoms with van der Waals surface area (Å²) in [6, 6.07) is 17.5. The number of non-ortho nitro benzene ring substituents is 1. The van der Waals surface area contributed by atoms with Crippen LogP contribution in [0.2, 0.25) is 0 Å². The number of carbonyl (C=O) groups excluding carboxylic acids is 1. The minimum absolute atomic E-state index is 0.0246. The number of nitrogens with zero attached hydrogens (tertiary/aromatic N) is 3. The number of thioether (sulfide) groups is 1. The van der Waals surface area contributed by atoms with Crippen LogP contribution in [0.15, 0.2) is 81.2 Å². The number of hydrogen-bond donors (Lipinski definition) is 2. The van der Waals surface area contributed by atoms with Crippen molar-refractivity contribution in [3.8, 4) is 5.75 Å². The molecule has 0 saturated carbocycles. The van der Waals surface area contributed by atoms with Gasteiger partial charge in [-0.2, -0.15) is 0 Å². The van der Waals surface area contributed by atoms with Crippen molar-refractivity contribution in [3.05, 3.63) is 101 Å². The zero-order valence-electron chi connectivity index (χ0n) is 19.0. The summed E-state index contributed by atoms with van der Waals surface area (Å²) in [6.07, 6.45) is 4.35. The van der Waals surface area contributed by atoms with Crippen LogP contribution in [0.4, 0.5) is 11.4 Å². The number of carbonyl (C=O) groups is 1. The first-order chi connectivity index (χ1) is 17.8. The van der Waals surface area contributed by atoms with Crippen molar-refractivity contribution in [2.45, 2.75) is 6.42 Å². The van der Waals surface area contributed by atoms with E-state index in [4.69, 9.17) is 0 Å². The second-order valence-corrected chi connectivity index (χ2v) is 11.2. The second kappa shape index (κ2) is 10.7. The maximum absolute atomic E-state index is 13.5. The summed E-state index contributed by atoms with van der Waals surface area (Å²) in [6.45, 7) is 0.410. The normalized spacial score (nSPS) is 15.8. The lowest BCUT2D eigenvalue weighted by Crippen LogP contribution is -2.31. The van der Waals surface area contributed by atoms with E-state index < -0.39 is 4.92 Å². The molecule has 2 heterocycles. The number of nitrogens with one attached hydrogen (secondary N) is 1. The molecule has 1 aliphatic rings. The highest BCUT2D eigenvalue weighted by Crippen LogP contribution is 2.37. The zero-order valence-corrected chi connectivity index (χ0v) is 23.6. The molecule has 1 aliphatic heterocycles. The summed E-state index contributed by atoms with van der Waals surface area (Å²) in [5.41, 5.74) is 3.38. The molecule has 1 saturated heterocycles. The molecule has 4 aromatic rings. The number of aliphatic imine (C=N–C) groups is 1. The van der Waals surface area contributed by atoms with E-state index in [2.05, 4.69) is 25.9 Å². The average Bonchev–Trinajstić information content (AvgIpc) is 3.42. The number of amides is 1. The van der Waals surface area contributed by atoms with Crippen LogP contribution in [0, 0.1) is 13.7 Å². The van der Waals surface area contributed by atoms with E-state index in [1.165, 1.54) is 23.9 Å². The van der Waals surface area contributed by atoms with Crippen molar-refractivity contribution >= 4 is 89.7 Å². The molecular weight excluding hydrogens is 671 g/mol. The van der Waals surface area contributed by atoms with Crippen LogP contribution in [0.5, 0.6) is 5.75 Å². The monoisotopic (exact) mass is 688 g/mol. The number of aromatic amines is 1. The molecule has 0 spiro atoms. The fourth-order valence-corrected chi connectivity index (χ4v) is 6.46. The van der Waals surface area contributed by atoms with Crippen LogP contribution >= 0.6 is 50.3 Å². The Bertz CT molecular complexity index is 1580. The molecule has 11 heteroatoms. The molecular formula is C26H18BrIN4O4S. The average molecular weight is 689 g/mol. The molecule has 0 aliphatic carbocycles. The van der Waals surface area contributed by atoms with Gasteiger partial charge in [0.25, 0.3) is 11.6 Å². The molecule has 2 N–H and O–H groups in total. The lowest BCUT2D eigenvalue weighted by atomic mass is 10.1. The van der Waals surface area contributed by atoms with E-state index in [1.807, 2.05) is 53.1 Å². The van der Waals surface area contributed by atoms with Gasteiger partial charge in [0, 0.05) is 35.8 Å². The van der Waals surface area contributed by atoms with Gasteiger partial charge in [-0.15, -0.1) is 0 Å². The van der Waals surface area contributed by atoms with E-state index >= 15 is 0 Å². The minimum atomic E-state index is -0.462. The standard InChI is InChI=1S/C26H18BrIN4O4S/c27-20-11-15(12-21(28)24(20)33)13-23-25(34)31(10-9-16-14-29-22-4-2-1-3-19(16)22)26(37-23)30-17-5-7-18(8-6-17)32(35)36/h1-8,11-14,29,33H,9-10H2/b23-13-,30-26?. The highest BCUT2D eigenvalue weighted by atomic mass is 127. The maximum atomic E-state index is 13.5. The first-order valence-corrected chi connectivity index (χ1v) is 13.8. The summed E-state index contributed by atoms with van der Waals surface area (Å²) in [4.78, 5) is 34.1. The first kappa shape index (κ1) is 25.5. The summed E-state index contributed by atoms with van der Waals surface area (Å²) < 4.78 is 1.20. The SMILES string of the molecule is O=C1/C(=C/c2cc(Br)c(O)c(I)c2)SC(=Nc2ccc([N+](=O)[O-])cc2)N1CCc1c[nH]c2ccccc12. The molecule has 186 valence electrons. The number of nitro benzene ring substituents is 1. The topological polar surface area (TPSA) is 112 Å². The third kappa shape index (κ3) is 5.43. The lowest BCUT2D eigenvalue weighted by molar-refractivity contribution is -0.384. The van der Waals surface area contributed by atoms with Gasteiger partial charge >= 0.3 is 0 Å². The number of aromatic nitrogens is 1. The molecule has 0 radical (unpaired) electrons. The number of phenols is 1. The Labute approximate surface area is 237 Å². The molecule has 0 atom stereocenters. The Balaban J connectivity index is 1.48. The number of benzene rings is 3. The van der Waals surface area contributed by atoms with Crippen LogP contribution < -0.4 is 0 Å². The molecule has 0 bridgehead atoms. The molecule has 37 heavy (non-hydrogen) atoms. The number of phenolic OH excluding ortho intramolecular Hbond substituents is 1. The van der Waals surface area contributed by atoms with E-state index in [0.717, 1.165) is 22.0 Å². The van der Waals surface area contributed by atoms with E-state index in [0.29, 0.717) is 36.8 Å². The van der Waals surface area contributed by atoms with Gasteiger partial charge in [0.1, 0.15) is 5.75 Å². The van der Waals surface area contributed by atoms with Crippen molar-refractivity contribution in [1.82, 2.24) is 9.88 Å². The quantitative estimate of drug-likeness (QED) is 0.0981. The number of H-pyrrole nitrogens is 1. The molecule has 1 aromatic heterocycles. The Kier molecular flexibility index (Phi) is 7.36. The van der Waals surface area contributed by atoms with Crippen molar-refractivity contribution in [1.29, 1.82) is 0 Å². The number of fused-ring (bicyclic) bond motifs is 1. The van der Waals surface area contributed by atoms with Crippen LogP contribution in [0.25, 0.3) is 17.0 Å². The van der Waals surface area contributed by atoms with Crippen molar-refractivity contribution < 1.29 is 14.8 Å². The Morgan fingerprint density at radius 3 is 2.68 bits per heavy atom. The van der Waals surface area contributed by atoms with E-state index in [-0.39, 0.29) is 17.3 Å². The molecule has 1 fully saturated rings. The Hall–Kier alpha value is -3.16. The van der Waals surface area contributed by atoms with Crippen molar-refractivity contribution in [3.63, 3.8) is 0 Å². The molecule has 3 aromatic carbocycles. The predicted molar refractivity (Wildman–Crippen MR) is 158 cm³/mol. The first-order valence-electron chi connectivity index (χ1n) is 11.1. The Morgan fingerprint density at radius 2 is 1.95 bits per heavy atom. The van der Waals surface area contributed by atoms with Gasteiger partial charge < -0.3 is 10.1 Å². The molecule has 0 unspecified atom stereocenters. The smallest absolute Gasteiger partial charge is 0.269 e. The number of nitro groups is 1. The predicted octanol–water partition coefficient (Wildman–Crippen LogP) is 7.00. The minimum Gasteiger partial charge on any atom is -0.506 e. The summed E-state index contributed by atoms with van der Waals surface area (Å²) in [5.74, 6) is -0.0290. The Morgan fingerprint density at radius 1 is 1.19 bits per heavy atom. The van der Waals surface area contributed by atoms with Gasteiger partial charge in [-0.3, -0.25) is 19.8 Å². The van der Waals surface area contributed by atoms with Crippen LogP contribution in [-0.2, 0) is 11.2 Å². The van der Waals surface area contributed by atoms with Gasteiger partial charge in [-0.25, -0.2) is 4.99 Å². The van der Waals surface area contributed by atoms with Crippen LogP contribution in [-0.4, -0.2) is 37.5 Å². The fourth-order valence-electron chi connectivity index (χ4n) is 3.94. The van der Waals surface area contributed by atoms with Gasteiger partial charge in [0.15, 0.2) is 5.17 Å². The summed E-state index contributed by atoms with van der Waals surface area (Å²) in [7, 11) is 0. The van der Waals surface area contributed by atoms with E-state index in [9.17, 15) is 20.0 Å². The molecule has 5 rings (SSSR count). The van der Waals surface area contributed by atoms with Crippen LogP contribution in [0.3, 0.4) is 0 Å². The van der Waals surface area contributed by atoms with Crippen molar-refractivity contribution in [2.24, 2.45) is 4.99 Å². The maximum Gasteiger partial charge on any atom is 0.269 e. The van der Waals surface area contributed by atoms with Gasteiger partial charge in [-0.05, 0) is 104 Å². The lowest BCUT2D eigenvalue weighted by Gasteiger charge is -2.15. The van der Waals surface area contributed by atoms with E-state index in [1.54, 1.807) is 35.2 Å². The number of para-hydroxylation sites is 1. The second-order valence-electron chi connectivity index (χ2n) is 8.18. The number of halogens is 2. The third-order valence-corrected chi connectivity index (χ3v) is 8.22. The van der Waals surface area contributed by atoms with Crippen LogP contribution in [0.1, 0.15) is 11.1 Å². The summed E-state index contributed by atoms with van der Waals surface area (Å²) >= 11 is 6.64. The highest BCUT2D eigenvalue weighted by Gasteiger charge is 2.33. The van der Waals surface area contributed by atoms with Crippen molar-refractivity contribution in [2.75, 3.05) is 6.54 Å².